The van der Waals surface area contributed by atoms with Gasteiger partial charge in [0.1, 0.15) is 0 Å². The van der Waals surface area contributed by atoms with Gasteiger partial charge in [0.15, 0.2) is 11.4 Å². The first-order chi connectivity index (χ1) is 8.47. The van der Waals surface area contributed by atoms with Gasteiger partial charge >= 0.3 is 5.97 Å². The van der Waals surface area contributed by atoms with Crippen molar-refractivity contribution in [1.29, 1.82) is 0 Å². The van der Waals surface area contributed by atoms with E-state index in [0.29, 0.717) is 15.8 Å². The molecule has 0 atom stereocenters. The highest BCUT2D eigenvalue weighted by Crippen LogP contribution is 2.28. The summed E-state index contributed by atoms with van der Waals surface area (Å²) in [6.07, 6.45) is 0. The average Bonchev–Trinajstić information content (AvgIpc) is 2.33. The number of methoxy groups -OCH3 is 1. The number of carboxylic acids is 1. The van der Waals surface area contributed by atoms with Crippen LogP contribution in [-0.2, 0) is 7.05 Å². The molecule has 2 rings (SSSR count). The van der Waals surface area contributed by atoms with Crippen LogP contribution in [0.3, 0.4) is 0 Å². The van der Waals surface area contributed by atoms with Crippen molar-refractivity contribution >= 4 is 28.3 Å². The third-order valence-electron chi connectivity index (χ3n) is 2.72. The van der Waals surface area contributed by atoms with E-state index < -0.39 is 11.5 Å². The second-order valence-corrected chi connectivity index (χ2v) is 4.18. The summed E-state index contributed by atoms with van der Waals surface area (Å²) >= 11 is 5.84. The van der Waals surface area contributed by atoms with Crippen LogP contribution in [0.2, 0.25) is 5.02 Å². The number of hydrogen-bond donors (Lipinski definition) is 1. The fourth-order valence-electron chi connectivity index (χ4n) is 1.90. The number of benzene rings is 1. The van der Waals surface area contributed by atoms with Crippen LogP contribution in [-0.4, -0.2) is 22.8 Å². The molecule has 0 spiro atoms. The number of carboxylic acid groups (broad SMARTS) is 1. The molecule has 0 saturated heterocycles. The van der Waals surface area contributed by atoms with Crippen LogP contribution in [0, 0.1) is 0 Å². The lowest BCUT2D eigenvalue weighted by Crippen LogP contribution is -2.24. The number of hydrogen-bond acceptors (Lipinski definition) is 3. The summed E-state index contributed by atoms with van der Waals surface area (Å²) in [7, 11) is 2.74. The number of pyridine rings is 1. The van der Waals surface area contributed by atoms with E-state index in [1.807, 2.05) is 0 Å². The molecule has 0 aliphatic carbocycles. The smallest absolute Gasteiger partial charge is 0.356 e. The van der Waals surface area contributed by atoms with E-state index >= 15 is 0 Å². The van der Waals surface area contributed by atoms with Crippen LogP contribution < -0.4 is 10.3 Å². The number of ether oxygens (including phenoxy) is 1. The molecule has 2 aromatic rings. The summed E-state index contributed by atoms with van der Waals surface area (Å²) in [4.78, 5) is 23.3. The van der Waals surface area contributed by atoms with Gasteiger partial charge in [-0.25, -0.2) is 4.79 Å². The predicted molar refractivity (Wildman–Crippen MR) is 67.7 cm³/mol. The molecule has 1 aromatic heterocycles. The van der Waals surface area contributed by atoms with Crippen LogP contribution in [0.25, 0.3) is 10.8 Å². The van der Waals surface area contributed by atoms with Crippen molar-refractivity contribution in [2.75, 3.05) is 7.11 Å². The van der Waals surface area contributed by atoms with E-state index in [-0.39, 0.29) is 11.4 Å². The molecule has 5 nitrogen and oxygen atoms in total. The minimum atomic E-state index is -1.22. The van der Waals surface area contributed by atoms with E-state index in [1.165, 1.54) is 20.2 Å². The second-order valence-electron chi connectivity index (χ2n) is 3.74. The number of nitrogens with zero attached hydrogens (tertiary/aromatic N) is 1. The van der Waals surface area contributed by atoms with Crippen LogP contribution in [0.5, 0.6) is 5.75 Å². The molecule has 0 aliphatic heterocycles. The Balaban J connectivity index is 3.06. The molecule has 94 valence electrons. The van der Waals surface area contributed by atoms with Gasteiger partial charge in [-0.1, -0.05) is 11.6 Å². The molecule has 1 heterocycles. The molecule has 6 heteroatoms. The quantitative estimate of drug-likeness (QED) is 0.902. The summed E-state index contributed by atoms with van der Waals surface area (Å²) in [5, 5.41) is 10.3. The van der Waals surface area contributed by atoms with Crippen molar-refractivity contribution in [2.24, 2.45) is 7.05 Å². The molecular weight excluding hydrogens is 258 g/mol. The van der Waals surface area contributed by atoms with Gasteiger partial charge in [0, 0.05) is 17.5 Å². The number of carbonyl (C=O) groups is 1. The third kappa shape index (κ3) is 1.73. The van der Waals surface area contributed by atoms with E-state index in [2.05, 4.69) is 0 Å². The summed E-state index contributed by atoms with van der Waals surface area (Å²) in [5.74, 6) is -1.07. The summed E-state index contributed by atoms with van der Waals surface area (Å²) in [6.45, 7) is 0. The summed E-state index contributed by atoms with van der Waals surface area (Å²) in [6, 6.07) is 4.65. The first-order valence-electron chi connectivity index (χ1n) is 5.07. The van der Waals surface area contributed by atoms with Crippen molar-refractivity contribution in [3.63, 3.8) is 0 Å². The molecule has 18 heavy (non-hydrogen) atoms. The van der Waals surface area contributed by atoms with E-state index in [0.717, 1.165) is 4.57 Å². The zero-order valence-corrected chi connectivity index (χ0v) is 10.5. The lowest BCUT2D eigenvalue weighted by atomic mass is 10.1. The van der Waals surface area contributed by atoms with Gasteiger partial charge in [-0.05, 0) is 18.2 Å². The highest BCUT2D eigenvalue weighted by Gasteiger charge is 2.20. The summed E-state index contributed by atoms with van der Waals surface area (Å²) < 4.78 is 6.15. The minimum absolute atomic E-state index is 0.149. The molecule has 0 unspecified atom stereocenters. The van der Waals surface area contributed by atoms with Crippen molar-refractivity contribution in [1.82, 2.24) is 4.57 Å². The number of halogens is 1. The van der Waals surface area contributed by atoms with E-state index in [9.17, 15) is 9.59 Å². The Hall–Kier alpha value is -2.01. The Morgan fingerprint density at radius 3 is 2.61 bits per heavy atom. The number of fused-ring (bicyclic) bond motifs is 1. The molecule has 0 amide bonds. The molecular formula is C12H10ClNO4. The Kier molecular flexibility index (Phi) is 3.00. The molecule has 0 bridgehead atoms. The van der Waals surface area contributed by atoms with Gasteiger partial charge in [0.25, 0.3) is 5.56 Å². The lowest BCUT2D eigenvalue weighted by molar-refractivity contribution is 0.0681. The van der Waals surface area contributed by atoms with Gasteiger partial charge in [0.05, 0.1) is 12.5 Å². The van der Waals surface area contributed by atoms with Gasteiger partial charge in [-0.2, -0.15) is 0 Å². The first kappa shape index (κ1) is 12.4. The maximum Gasteiger partial charge on any atom is 0.356 e. The molecule has 0 fully saturated rings. The van der Waals surface area contributed by atoms with Gasteiger partial charge < -0.3 is 14.4 Å². The van der Waals surface area contributed by atoms with Gasteiger partial charge in [-0.15, -0.1) is 0 Å². The Morgan fingerprint density at radius 2 is 2.06 bits per heavy atom. The topological polar surface area (TPSA) is 68.5 Å². The lowest BCUT2D eigenvalue weighted by Gasteiger charge is -2.12. The van der Waals surface area contributed by atoms with Crippen LogP contribution in [0.1, 0.15) is 10.5 Å². The van der Waals surface area contributed by atoms with Crippen LogP contribution in [0.4, 0.5) is 0 Å². The zero-order chi connectivity index (χ0) is 13.4. The van der Waals surface area contributed by atoms with Crippen LogP contribution >= 0.6 is 11.6 Å². The third-order valence-corrected chi connectivity index (χ3v) is 2.95. The zero-order valence-electron chi connectivity index (χ0n) is 9.73. The standard InChI is InChI=1S/C12H10ClNO4/c1-14-9(12(16)17)10(18-2)7-4-3-6(13)5-8(7)11(14)15/h3-5H,1-2H3,(H,16,17). The predicted octanol–water partition coefficient (Wildman–Crippen LogP) is 1.90. The highest BCUT2D eigenvalue weighted by atomic mass is 35.5. The normalized spacial score (nSPS) is 10.6. The Morgan fingerprint density at radius 1 is 1.39 bits per heavy atom. The first-order valence-corrected chi connectivity index (χ1v) is 5.44. The Bertz CT molecular complexity index is 705. The molecule has 0 radical (unpaired) electrons. The maximum absolute atomic E-state index is 12.1. The van der Waals surface area contributed by atoms with E-state index in [4.69, 9.17) is 21.4 Å². The van der Waals surface area contributed by atoms with Crippen molar-refractivity contribution < 1.29 is 14.6 Å². The monoisotopic (exact) mass is 267 g/mol. The minimum Gasteiger partial charge on any atom is -0.494 e. The molecule has 0 saturated carbocycles. The van der Waals surface area contributed by atoms with Crippen molar-refractivity contribution in [3.8, 4) is 5.75 Å². The fourth-order valence-corrected chi connectivity index (χ4v) is 2.07. The SMILES string of the molecule is COc1c(C(=O)O)n(C)c(=O)c2cc(Cl)ccc12. The van der Waals surface area contributed by atoms with Crippen molar-refractivity contribution in [3.05, 3.63) is 39.3 Å². The highest BCUT2D eigenvalue weighted by molar-refractivity contribution is 6.31. The largest absolute Gasteiger partial charge is 0.494 e. The second kappa shape index (κ2) is 4.34. The van der Waals surface area contributed by atoms with E-state index in [1.54, 1.807) is 12.1 Å². The maximum atomic E-state index is 12.1. The number of rotatable bonds is 2. The number of aromatic carboxylic acids is 1. The number of aromatic nitrogens is 1. The molecule has 0 aliphatic rings. The van der Waals surface area contributed by atoms with Gasteiger partial charge in [0.2, 0.25) is 0 Å². The summed E-state index contributed by atoms with van der Waals surface area (Å²) in [5.41, 5.74) is -0.608. The van der Waals surface area contributed by atoms with Crippen molar-refractivity contribution in [2.45, 2.75) is 0 Å². The Labute approximate surface area is 107 Å². The van der Waals surface area contributed by atoms with Crippen LogP contribution in [0.15, 0.2) is 23.0 Å². The fraction of sp³-hybridized carbons (Fsp3) is 0.167. The molecule has 1 aromatic carbocycles. The molecule has 1 N–H and O–H groups in total. The van der Waals surface area contributed by atoms with Gasteiger partial charge in [-0.3, -0.25) is 4.79 Å². The average molecular weight is 268 g/mol.